The molecule has 0 aliphatic heterocycles. The first kappa shape index (κ1) is 27.3. The van der Waals surface area contributed by atoms with Crippen LogP contribution in [0.25, 0.3) is 0 Å². The molecule has 0 saturated heterocycles. The standard InChI is InChI=1S/C12H16N2O3.C11H16N2O3/c1-8(15)9-5-6-13-10(7-9)14-11(16)17-12(2,3)4;1-11(2,3)16-10(14)13-9-7-8(15-4)5-6-12-9/h5-7H,1-4H3,(H,13,14,16);5-7H,1-4H3,(H,12,13,14). The first-order chi connectivity index (χ1) is 15.2. The Kier molecular flexibility index (Phi) is 9.77. The van der Waals surface area contributed by atoms with Crippen LogP contribution in [-0.4, -0.2) is 46.2 Å². The van der Waals surface area contributed by atoms with Gasteiger partial charge in [0.15, 0.2) is 5.78 Å². The highest BCUT2D eigenvalue weighted by molar-refractivity contribution is 5.95. The summed E-state index contributed by atoms with van der Waals surface area (Å²) in [6.07, 6.45) is 1.88. The van der Waals surface area contributed by atoms with E-state index in [4.69, 9.17) is 14.2 Å². The van der Waals surface area contributed by atoms with Gasteiger partial charge in [-0.05, 0) is 66.7 Å². The van der Waals surface area contributed by atoms with Gasteiger partial charge in [0, 0.05) is 24.0 Å². The summed E-state index contributed by atoms with van der Waals surface area (Å²) in [5, 5.41) is 4.99. The average molecular weight is 461 g/mol. The summed E-state index contributed by atoms with van der Waals surface area (Å²) in [6, 6.07) is 6.40. The number of Topliss-reactive ketones (excluding diaryl/α,β-unsaturated/α-hetero) is 1. The molecule has 0 spiro atoms. The van der Waals surface area contributed by atoms with E-state index in [2.05, 4.69) is 20.6 Å². The van der Waals surface area contributed by atoms with Gasteiger partial charge in [0.25, 0.3) is 0 Å². The lowest BCUT2D eigenvalue weighted by Crippen LogP contribution is -2.27. The zero-order valence-corrected chi connectivity index (χ0v) is 20.3. The van der Waals surface area contributed by atoms with Gasteiger partial charge in [-0.2, -0.15) is 0 Å². The van der Waals surface area contributed by atoms with Crippen LogP contribution in [0, 0.1) is 0 Å². The maximum atomic E-state index is 11.5. The number of pyridine rings is 2. The lowest BCUT2D eigenvalue weighted by atomic mass is 10.2. The summed E-state index contributed by atoms with van der Waals surface area (Å²) < 4.78 is 15.2. The topological polar surface area (TPSA) is 129 Å². The van der Waals surface area contributed by atoms with E-state index in [-0.39, 0.29) is 5.78 Å². The molecule has 2 N–H and O–H groups in total. The normalized spacial score (nSPS) is 10.8. The molecule has 0 unspecified atom stereocenters. The number of ketones is 1. The number of anilines is 2. The molecular formula is C23H32N4O6. The molecule has 2 heterocycles. The molecule has 0 aromatic carbocycles. The van der Waals surface area contributed by atoms with Crippen LogP contribution in [-0.2, 0) is 9.47 Å². The van der Waals surface area contributed by atoms with Gasteiger partial charge in [-0.1, -0.05) is 0 Å². The van der Waals surface area contributed by atoms with E-state index in [0.717, 1.165) is 0 Å². The van der Waals surface area contributed by atoms with Crippen molar-refractivity contribution in [2.75, 3.05) is 17.7 Å². The van der Waals surface area contributed by atoms with E-state index in [0.29, 0.717) is 22.9 Å². The van der Waals surface area contributed by atoms with Crippen molar-refractivity contribution in [2.45, 2.75) is 59.7 Å². The summed E-state index contributed by atoms with van der Waals surface area (Å²) in [5.74, 6) is 1.24. The van der Waals surface area contributed by atoms with Crippen LogP contribution in [0.3, 0.4) is 0 Å². The lowest BCUT2D eigenvalue weighted by molar-refractivity contribution is 0.0624. The largest absolute Gasteiger partial charge is 0.497 e. The Labute approximate surface area is 194 Å². The fraction of sp³-hybridized carbons (Fsp3) is 0.435. The fourth-order valence-corrected chi connectivity index (χ4v) is 2.14. The second-order valence-corrected chi connectivity index (χ2v) is 8.82. The Morgan fingerprint density at radius 3 is 1.67 bits per heavy atom. The van der Waals surface area contributed by atoms with Gasteiger partial charge in [-0.3, -0.25) is 15.4 Å². The Bertz CT molecular complexity index is 964. The van der Waals surface area contributed by atoms with Crippen LogP contribution in [0.5, 0.6) is 5.75 Å². The SMILES string of the molecule is CC(=O)c1ccnc(NC(=O)OC(C)(C)C)c1.COc1ccnc(NC(=O)OC(C)(C)C)c1. The molecule has 0 radical (unpaired) electrons. The van der Waals surface area contributed by atoms with Crippen molar-refractivity contribution in [3.8, 4) is 5.75 Å². The van der Waals surface area contributed by atoms with Gasteiger partial charge in [-0.25, -0.2) is 19.6 Å². The molecule has 180 valence electrons. The molecule has 0 aliphatic rings. The number of ether oxygens (including phenoxy) is 3. The number of rotatable bonds is 4. The predicted molar refractivity (Wildman–Crippen MR) is 125 cm³/mol. The summed E-state index contributed by atoms with van der Waals surface area (Å²) in [4.78, 5) is 41.9. The molecule has 0 fully saturated rings. The first-order valence-corrected chi connectivity index (χ1v) is 10.2. The predicted octanol–water partition coefficient (Wildman–Crippen LogP) is 5.07. The minimum Gasteiger partial charge on any atom is -0.497 e. The van der Waals surface area contributed by atoms with Crippen LogP contribution >= 0.6 is 0 Å². The number of hydrogen-bond donors (Lipinski definition) is 2. The zero-order chi connectivity index (χ0) is 25.2. The lowest BCUT2D eigenvalue weighted by Gasteiger charge is -2.19. The molecule has 0 atom stereocenters. The Morgan fingerprint density at radius 1 is 0.788 bits per heavy atom. The Morgan fingerprint density at radius 2 is 1.24 bits per heavy atom. The van der Waals surface area contributed by atoms with Gasteiger partial charge < -0.3 is 14.2 Å². The van der Waals surface area contributed by atoms with E-state index in [1.165, 1.54) is 19.2 Å². The Hall–Kier alpha value is -3.69. The number of amides is 2. The van der Waals surface area contributed by atoms with Crippen LogP contribution in [0.1, 0.15) is 58.8 Å². The third-order valence-electron chi connectivity index (χ3n) is 3.39. The maximum Gasteiger partial charge on any atom is 0.413 e. The van der Waals surface area contributed by atoms with Crippen molar-refractivity contribution >= 4 is 29.6 Å². The number of methoxy groups -OCH3 is 1. The highest BCUT2D eigenvalue weighted by atomic mass is 16.6. The van der Waals surface area contributed by atoms with Gasteiger partial charge in [0.05, 0.1) is 7.11 Å². The van der Waals surface area contributed by atoms with Gasteiger partial charge in [0.2, 0.25) is 0 Å². The summed E-state index contributed by atoms with van der Waals surface area (Å²) in [5.41, 5.74) is -0.600. The number of hydrogen-bond acceptors (Lipinski definition) is 8. The van der Waals surface area contributed by atoms with E-state index < -0.39 is 23.4 Å². The molecule has 0 saturated carbocycles. The third kappa shape index (κ3) is 12.1. The number of carbonyl (C=O) groups excluding carboxylic acids is 3. The molecule has 2 aromatic heterocycles. The molecule has 2 aromatic rings. The molecule has 2 rings (SSSR count). The van der Waals surface area contributed by atoms with Crippen LogP contribution in [0.2, 0.25) is 0 Å². The van der Waals surface area contributed by atoms with E-state index in [1.807, 2.05) is 0 Å². The zero-order valence-electron chi connectivity index (χ0n) is 20.3. The van der Waals surface area contributed by atoms with Gasteiger partial charge in [0.1, 0.15) is 28.6 Å². The van der Waals surface area contributed by atoms with Crippen LogP contribution in [0.4, 0.5) is 21.2 Å². The second kappa shape index (κ2) is 11.8. The van der Waals surface area contributed by atoms with Gasteiger partial charge in [-0.15, -0.1) is 0 Å². The van der Waals surface area contributed by atoms with E-state index in [1.54, 1.807) is 73.0 Å². The molecule has 10 nitrogen and oxygen atoms in total. The van der Waals surface area contributed by atoms with Crippen molar-refractivity contribution in [2.24, 2.45) is 0 Å². The van der Waals surface area contributed by atoms with Crippen molar-refractivity contribution in [1.29, 1.82) is 0 Å². The molecule has 0 aliphatic carbocycles. The van der Waals surface area contributed by atoms with E-state index in [9.17, 15) is 14.4 Å². The second-order valence-electron chi connectivity index (χ2n) is 8.82. The quantitative estimate of drug-likeness (QED) is 0.605. The number of aromatic nitrogens is 2. The molecule has 0 bridgehead atoms. The minimum absolute atomic E-state index is 0.0837. The molecule has 10 heteroatoms. The van der Waals surface area contributed by atoms with Gasteiger partial charge >= 0.3 is 12.2 Å². The third-order valence-corrected chi connectivity index (χ3v) is 3.39. The van der Waals surface area contributed by atoms with Crippen molar-refractivity contribution in [3.05, 3.63) is 42.2 Å². The summed E-state index contributed by atoms with van der Waals surface area (Å²) >= 11 is 0. The van der Waals surface area contributed by atoms with Crippen molar-refractivity contribution in [3.63, 3.8) is 0 Å². The summed E-state index contributed by atoms with van der Waals surface area (Å²) in [7, 11) is 1.55. The average Bonchev–Trinajstić information content (AvgIpc) is 2.65. The summed E-state index contributed by atoms with van der Waals surface area (Å²) in [6.45, 7) is 12.2. The highest BCUT2D eigenvalue weighted by Crippen LogP contribution is 2.15. The smallest absolute Gasteiger partial charge is 0.413 e. The monoisotopic (exact) mass is 460 g/mol. The number of nitrogens with one attached hydrogen (secondary N) is 2. The maximum absolute atomic E-state index is 11.5. The Balaban J connectivity index is 0.000000331. The van der Waals surface area contributed by atoms with Crippen molar-refractivity contribution < 1.29 is 28.6 Å². The number of nitrogens with zero attached hydrogens (tertiary/aromatic N) is 2. The minimum atomic E-state index is -0.592. The first-order valence-electron chi connectivity index (χ1n) is 10.2. The molecular weight excluding hydrogens is 428 g/mol. The highest BCUT2D eigenvalue weighted by Gasteiger charge is 2.17. The van der Waals surface area contributed by atoms with E-state index >= 15 is 0 Å². The van der Waals surface area contributed by atoms with Crippen LogP contribution in [0.15, 0.2) is 36.7 Å². The molecule has 33 heavy (non-hydrogen) atoms. The fourth-order valence-electron chi connectivity index (χ4n) is 2.14. The molecule has 2 amide bonds. The number of carbonyl (C=O) groups is 3. The van der Waals surface area contributed by atoms with Crippen LogP contribution < -0.4 is 15.4 Å². The van der Waals surface area contributed by atoms with Crippen molar-refractivity contribution in [1.82, 2.24) is 9.97 Å².